The largest absolute Gasteiger partial charge is 0.329 e. The molecule has 0 saturated carbocycles. The van der Waals surface area contributed by atoms with Crippen molar-refractivity contribution in [3.05, 3.63) is 0 Å². The maximum Gasteiger partial charge on any atom is 0.325 e. The lowest BCUT2D eigenvalue weighted by Gasteiger charge is -2.05. The van der Waals surface area contributed by atoms with Gasteiger partial charge in [0.2, 0.25) is 0 Å². The molecule has 1 N–H and O–H groups in total. The summed E-state index contributed by atoms with van der Waals surface area (Å²) in [6, 6.07) is -0.400. The Kier molecular flexibility index (Phi) is 1.59. The smallest absolute Gasteiger partial charge is 0.325 e. The van der Waals surface area contributed by atoms with E-state index in [9.17, 15) is 9.59 Å². The van der Waals surface area contributed by atoms with Crippen molar-refractivity contribution in [2.75, 3.05) is 13.1 Å². The standard InChI is InChI=1S/C6H6N2O2/c1-2-3-8-5(9)4-7-6(8)10/h1H,3-4H2,(H,7,10). The Morgan fingerprint density at radius 1 is 1.70 bits per heavy atom. The lowest BCUT2D eigenvalue weighted by atomic mass is 10.5. The zero-order chi connectivity index (χ0) is 7.56. The second kappa shape index (κ2) is 2.40. The zero-order valence-electron chi connectivity index (χ0n) is 5.26. The molecule has 4 nitrogen and oxygen atoms in total. The van der Waals surface area contributed by atoms with Gasteiger partial charge in [0, 0.05) is 0 Å². The van der Waals surface area contributed by atoms with Crippen molar-refractivity contribution in [3.63, 3.8) is 0 Å². The van der Waals surface area contributed by atoms with Gasteiger partial charge in [0.05, 0.1) is 13.1 Å². The Labute approximate surface area is 58.2 Å². The third-order valence-corrected chi connectivity index (χ3v) is 1.19. The van der Waals surface area contributed by atoms with Gasteiger partial charge in [-0.2, -0.15) is 0 Å². The van der Waals surface area contributed by atoms with Gasteiger partial charge < -0.3 is 5.32 Å². The molecule has 1 fully saturated rings. The van der Waals surface area contributed by atoms with E-state index in [0.29, 0.717) is 0 Å². The molecule has 0 radical (unpaired) electrons. The highest BCUT2D eigenvalue weighted by Crippen LogP contribution is 1.96. The maximum absolute atomic E-state index is 10.7. The first-order chi connectivity index (χ1) is 4.75. The van der Waals surface area contributed by atoms with Crippen LogP contribution in [0.25, 0.3) is 0 Å². The van der Waals surface area contributed by atoms with Crippen molar-refractivity contribution in [1.82, 2.24) is 10.2 Å². The maximum atomic E-state index is 10.7. The molecule has 1 saturated heterocycles. The van der Waals surface area contributed by atoms with Gasteiger partial charge in [0.1, 0.15) is 0 Å². The van der Waals surface area contributed by atoms with Crippen molar-refractivity contribution in [1.29, 1.82) is 0 Å². The van der Waals surface area contributed by atoms with Crippen LogP contribution in [0.1, 0.15) is 0 Å². The molecule has 3 amide bonds. The minimum absolute atomic E-state index is 0.0602. The van der Waals surface area contributed by atoms with Gasteiger partial charge in [-0.05, 0) is 0 Å². The molecule has 0 aromatic carbocycles. The van der Waals surface area contributed by atoms with Crippen LogP contribution in [0, 0.1) is 12.3 Å². The first-order valence-electron chi connectivity index (χ1n) is 2.77. The average Bonchev–Trinajstić information content (AvgIpc) is 2.20. The number of carbonyl (C=O) groups is 2. The van der Waals surface area contributed by atoms with Gasteiger partial charge in [-0.15, -0.1) is 6.42 Å². The average molecular weight is 138 g/mol. The van der Waals surface area contributed by atoms with Gasteiger partial charge in [0.25, 0.3) is 5.91 Å². The molecule has 1 heterocycles. The van der Waals surface area contributed by atoms with Crippen LogP contribution in [0.5, 0.6) is 0 Å². The summed E-state index contributed by atoms with van der Waals surface area (Å²) in [6.07, 6.45) is 4.91. The number of hydrogen-bond donors (Lipinski definition) is 1. The number of amides is 3. The lowest BCUT2D eigenvalue weighted by molar-refractivity contribution is -0.124. The fraction of sp³-hybridized carbons (Fsp3) is 0.333. The molecule has 0 atom stereocenters. The van der Waals surface area contributed by atoms with Gasteiger partial charge in [0.15, 0.2) is 0 Å². The van der Waals surface area contributed by atoms with Crippen molar-refractivity contribution >= 4 is 11.9 Å². The number of urea groups is 1. The Balaban J connectivity index is 2.65. The zero-order valence-corrected chi connectivity index (χ0v) is 5.26. The number of hydrogen-bond acceptors (Lipinski definition) is 2. The van der Waals surface area contributed by atoms with E-state index in [4.69, 9.17) is 6.42 Å². The van der Waals surface area contributed by atoms with Crippen LogP contribution < -0.4 is 5.32 Å². The van der Waals surface area contributed by atoms with Gasteiger partial charge >= 0.3 is 6.03 Å². The molecule has 1 aliphatic rings. The number of nitrogens with zero attached hydrogens (tertiary/aromatic N) is 1. The first-order valence-corrected chi connectivity index (χ1v) is 2.77. The molecule has 0 aromatic heterocycles. The van der Waals surface area contributed by atoms with Crippen LogP contribution in [0.4, 0.5) is 4.79 Å². The second-order valence-corrected chi connectivity index (χ2v) is 1.84. The fourth-order valence-corrected chi connectivity index (χ4v) is 0.707. The Morgan fingerprint density at radius 3 is 2.80 bits per heavy atom. The SMILES string of the molecule is C#CCN1C(=O)CNC1=O. The summed E-state index contributed by atoms with van der Waals surface area (Å²) in [5.41, 5.74) is 0. The van der Waals surface area contributed by atoms with Gasteiger partial charge in [-0.25, -0.2) is 4.79 Å². The van der Waals surface area contributed by atoms with Crippen molar-refractivity contribution in [3.8, 4) is 12.3 Å². The van der Waals surface area contributed by atoms with Crippen molar-refractivity contribution in [2.24, 2.45) is 0 Å². The molecule has 0 unspecified atom stereocenters. The van der Waals surface area contributed by atoms with E-state index >= 15 is 0 Å². The summed E-state index contributed by atoms with van der Waals surface area (Å²) in [5.74, 6) is 1.95. The summed E-state index contributed by atoms with van der Waals surface area (Å²) in [7, 11) is 0. The number of nitrogens with one attached hydrogen (secondary N) is 1. The predicted octanol–water partition coefficient (Wildman–Crippen LogP) is -0.829. The van der Waals surface area contributed by atoms with E-state index in [2.05, 4.69) is 11.2 Å². The molecule has 0 aliphatic carbocycles. The van der Waals surface area contributed by atoms with E-state index in [1.165, 1.54) is 0 Å². The minimum Gasteiger partial charge on any atom is -0.329 e. The third-order valence-electron chi connectivity index (χ3n) is 1.19. The summed E-state index contributed by atoms with van der Waals surface area (Å²) in [4.78, 5) is 22.4. The van der Waals surface area contributed by atoms with Gasteiger partial charge in [-0.3, -0.25) is 9.69 Å². The quantitative estimate of drug-likeness (QED) is 0.380. The normalized spacial score (nSPS) is 16.9. The fourth-order valence-electron chi connectivity index (χ4n) is 0.707. The Bertz CT molecular complexity index is 200. The molecule has 1 rings (SSSR count). The summed E-state index contributed by atoms with van der Waals surface area (Å²) in [5, 5.41) is 2.35. The van der Waals surface area contributed by atoms with Crippen LogP contribution >= 0.6 is 0 Å². The van der Waals surface area contributed by atoms with Crippen LogP contribution in [-0.2, 0) is 4.79 Å². The van der Waals surface area contributed by atoms with Crippen molar-refractivity contribution < 1.29 is 9.59 Å². The summed E-state index contributed by atoms with van der Waals surface area (Å²) < 4.78 is 0. The third kappa shape index (κ3) is 0.935. The lowest BCUT2D eigenvalue weighted by Crippen LogP contribution is -2.31. The molecule has 0 bridgehead atoms. The Morgan fingerprint density at radius 2 is 2.40 bits per heavy atom. The predicted molar refractivity (Wildman–Crippen MR) is 33.9 cm³/mol. The summed E-state index contributed by atoms with van der Waals surface area (Å²) >= 11 is 0. The molecule has 4 heteroatoms. The highest BCUT2D eigenvalue weighted by molar-refractivity contribution is 6.02. The number of carbonyl (C=O) groups excluding carboxylic acids is 2. The first kappa shape index (κ1) is 6.62. The van der Waals surface area contributed by atoms with Crippen LogP contribution in [0.3, 0.4) is 0 Å². The highest BCUT2D eigenvalue weighted by Gasteiger charge is 2.26. The molecule has 52 valence electrons. The second-order valence-electron chi connectivity index (χ2n) is 1.84. The van der Waals surface area contributed by atoms with Crippen LogP contribution in [-0.4, -0.2) is 29.9 Å². The molecular weight excluding hydrogens is 132 g/mol. The van der Waals surface area contributed by atoms with Crippen LogP contribution in [0.15, 0.2) is 0 Å². The topological polar surface area (TPSA) is 49.4 Å². The van der Waals surface area contributed by atoms with E-state index < -0.39 is 6.03 Å². The van der Waals surface area contributed by atoms with Crippen LogP contribution in [0.2, 0.25) is 0 Å². The molecule has 0 spiro atoms. The van der Waals surface area contributed by atoms with E-state index in [-0.39, 0.29) is 19.0 Å². The number of terminal acetylenes is 1. The Hall–Kier alpha value is -1.50. The molecule has 10 heavy (non-hydrogen) atoms. The molecule has 1 aliphatic heterocycles. The number of rotatable bonds is 1. The summed E-state index contributed by atoms with van der Waals surface area (Å²) in [6.45, 7) is 0.130. The van der Waals surface area contributed by atoms with E-state index in [1.807, 2.05) is 0 Å². The minimum atomic E-state index is -0.400. The molecular formula is C6H6N2O2. The van der Waals surface area contributed by atoms with Gasteiger partial charge in [-0.1, -0.05) is 5.92 Å². The molecule has 0 aromatic rings. The highest BCUT2D eigenvalue weighted by atomic mass is 16.2. The van der Waals surface area contributed by atoms with E-state index in [0.717, 1.165) is 4.90 Å². The monoisotopic (exact) mass is 138 g/mol. The van der Waals surface area contributed by atoms with E-state index in [1.54, 1.807) is 0 Å². The van der Waals surface area contributed by atoms with Crippen molar-refractivity contribution in [2.45, 2.75) is 0 Å². The number of imide groups is 1.